The van der Waals surface area contributed by atoms with Crippen molar-refractivity contribution in [2.45, 2.75) is 12.5 Å². The van der Waals surface area contributed by atoms with Gasteiger partial charge in [0.05, 0.1) is 12.2 Å². The van der Waals surface area contributed by atoms with Crippen LogP contribution in [-0.2, 0) is 9.53 Å². The highest BCUT2D eigenvalue weighted by molar-refractivity contribution is 5.87. The maximum absolute atomic E-state index is 11.1. The van der Waals surface area contributed by atoms with Gasteiger partial charge in [-0.3, -0.25) is 0 Å². The molecule has 0 saturated carbocycles. The highest BCUT2D eigenvalue weighted by Crippen LogP contribution is 2.13. The predicted octanol–water partition coefficient (Wildman–Crippen LogP) is 0.507. The summed E-state index contributed by atoms with van der Waals surface area (Å²) in [7, 11) is 0. The first-order chi connectivity index (χ1) is 7.66. The second kappa shape index (κ2) is 4.18. The van der Waals surface area contributed by atoms with E-state index in [0.717, 1.165) is 0 Å². The van der Waals surface area contributed by atoms with Gasteiger partial charge in [-0.05, 0) is 12.1 Å². The largest absolute Gasteiger partial charge is 0.478 e. The Labute approximate surface area is 91.3 Å². The summed E-state index contributed by atoms with van der Waals surface area (Å²) >= 11 is 0. The molecule has 0 amide bonds. The molecular weight excluding hydrogens is 212 g/mol. The molecule has 2 heterocycles. The van der Waals surface area contributed by atoms with Crippen molar-refractivity contribution in [1.29, 1.82) is 0 Å². The van der Waals surface area contributed by atoms with Crippen molar-refractivity contribution in [3.63, 3.8) is 0 Å². The van der Waals surface area contributed by atoms with Gasteiger partial charge in [-0.2, -0.15) is 0 Å². The second-order valence-corrected chi connectivity index (χ2v) is 3.39. The molecule has 1 unspecified atom stereocenters. The standard InChI is InChI=1S/C10H10N2O4/c13-9(14)6-1-2-8(11-5-6)12-7-3-4-16-10(7)15/h1-2,5,7H,3-4H2,(H,11,12)(H,13,14). The van der Waals surface area contributed by atoms with Crippen molar-refractivity contribution < 1.29 is 19.4 Å². The molecule has 2 rings (SSSR count). The summed E-state index contributed by atoms with van der Waals surface area (Å²) in [5, 5.41) is 11.5. The summed E-state index contributed by atoms with van der Waals surface area (Å²) in [4.78, 5) is 25.6. The van der Waals surface area contributed by atoms with Gasteiger partial charge in [0.2, 0.25) is 0 Å². The molecular formula is C10H10N2O4. The monoisotopic (exact) mass is 222 g/mol. The Hall–Kier alpha value is -2.11. The zero-order valence-corrected chi connectivity index (χ0v) is 8.34. The SMILES string of the molecule is O=C(O)c1ccc(NC2CCOC2=O)nc1. The van der Waals surface area contributed by atoms with E-state index < -0.39 is 5.97 Å². The molecule has 1 atom stereocenters. The molecule has 0 radical (unpaired) electrons. The van der Waals surface area contributed by atoms with Crippen LogP contribution in [-0.4, -0.2) is 34.7 Å². The first kappa shape index (κ1) is 10.4. The van der Waals surface area contributed by atoms with Crippen LogP contribution in [0.25, 0.3) is 0 Å². The van der Waals surface area contributed by atoms with Gasteiger partial charge in [0.1, 0.15) is 11.9 Å². The average molecular weight is 222 g/mol. The van der Waals surface area contributed by atoms with Gasteiger partial charge in [-0.25, -0.2) is 14.6 Å². The lowest BCUT2D eigenvalue weighted by atomic mass is 10.2. The van der Waals surface area contributed by atoms with Crippen LogP contribution in [0.3, 0.4) is 0 Å². The van der Waals surface area contributed by atoms with E-state index in [2.05, 4.69) is 10.3 Å². The molecule has 1 aromatic heterocycles. The number of ether oxygens (including phenoxy) is 1. The number of carboxylic acid groups (broad SMARTS) is 1. The van der Waals surface area contributed by atoms with Gasteiger partial charge < -0.3 is 15.2 Å². The Morgan fingerprint density at radius 2 is 2.38 bits per heavy atom. The van der Waals surface area contributed by atoms with Gasteiger partial charge in [0.15, 0.2) is 0 Å². The molecule has 1 aliphatic heterocycles. The van der Waals surface area contributed by atoms with Crippen LogP contribution < -0.4 is 5.32 Å². The summed E-state index contributed by atoms with van der Waals surface area (Å²) in [5.74, 6) is -0.864. The molecule has 0 bridgehead atoms. The fourth-order valence-corrected chi connectivity index (χ4v) is 1.41. The Bertz CT molecular complexity index is 415. The van der Waals surface area contributed by atoms with E-state index in [1.165, 1.54) is 18.3 Å². The fourth-order valence-electron chi connectivity index (χ4n) is 1.41. The number of nitrogens with zero attached hydrogens (tertiary/aromatic N) is 1. The first-order valence-corrected chi connectivity index (χ1v) is 4.79. The zero-order chi connectivity index (χ0) is 11.5. The van der Waals surface area contributed by atoms with Crippen molar-refractivity contribution in [2.24, 2.45) is 0 Å². The van der Waals surface area contributed by atoms with E-state index in [4.69, 9.17) is 9.84 Å². The normalized spacial score (nSPS) is 19.2. The van der Waals surface area contributed by atoms with Crippen molar-refractivity contribution in [3.05, 3.63) is 23.9 Å². The van der Waals surface area contributed by atoms with Crippen LogP contribution in [0.2, 0.25) is 0 Å². The number of carboxylic acids is 1. The number of esters is 1. The third-order valence-corrected chi connectivity index (χ3v) is 2.27. The Balaban J connectivity index is 2.05. The van der Waals surface area contributed by atoms with E-state index in [0.29, 0.717) is 18.8 Å². The smallest absolute Gasteiger partial charge is 0.337 e. The van der Waals surface area contributed by atoms with Gasteiger partial charge in [-0.15, -0.1) is 0 Å². The summed E-state index contributed by atoms with van der Waals surface area (Å²) in [6, 6.07) is 2.57. The molecule has 1 saturated heterocycles. The molecule has 6 nitrogen and oxygen atoms in total. The number of anilines is 1. The summed E-state index contributed by atoms with van der Waals surface area (Å²) in [6.45, 7) is 0.406. The maximum Gasteiger partial charge on any atom is 0.337 e. The number of pyridine rings is 1. The van der Waals surface area contributed by atoms with Crippen LogP contribution in [0.5, 0.6) is 0 Å². The minimum atomic E-state index is -1.03. The quantitative estimate of drug-likeness (QED) is 0.724. The van der Waals surface area contributed by atoms with E-state index in [9.17, 15) is 9.59 Å². The van der Waals surface area contributed by atoms with Gasteiger partial charge in [-0.1, -0.05) is 0 Å². The fraction of sp³-hybridized carbons (Fsp3) is 0.300. The van der Waals surface area contributed by atoms with Crippen molar-refractivity contribution in [1.82, 2.24) is 4.98 Å². The topological polar surface area (TPSA) is 88.5 Å². The lowest BCUT2D eigenvalue weighted by molar-refractivity contribution is -0.138. The number of carbonyl (C=O) groups is 2. The molecule has 6 heteroatoms. The molecule has 0 aliphatic carbocycles. The van der Waals surface area contributed by atoms with Crippen LogP contribution in [0, 0.1) is 0 Å². The Morgan fingerprint density at radius 1 is 1.56 bits per heavy atom. The lowest BCUT2D eigenvalue weighted by Crippen LogP contribution is -2.24. The van der Waals surface area contributed by atoms with E-state index in [1.807, 2.05) is 0 Å². The number of carbonyl (C=O) groups excluding carboxylic acids is 1. The van der Waals surface area contributed by atoms with Gasteiger partial charge >= 0.3 is 11.9 Å². The lowest BCUT2D eigenvalue weighted by Gasteiger charge is -2.08. The van der Waals surface area contributed by atoms with E-state index in [1.54, 1.807) is 0 Å². The number of nitrogens with one attached hydrogen (secondary N) is 1. The molecule has 1 aliphatic rings. The maximum atomic E-state index is 11.1. The van der Waals surface area contributed by atoms with Crippen LogP contribution >= 0.6 is 0 Å². The number of hydrogen-bond acceptors (Lipinski definition) is 5. The summed E-state index contributed by atoms with van der Waals surface area (Å²) in [5.41, 5.74) is 0.111. The van der Waals surface area contributed by atoms with Crippen LogP contribution in [0.4, 0.5) is 5.82 Å². The van der Waals surface area contributed by atoms with Crippen molar-refractivity contribution >= 4 is 17.8 Å². The molecule has 0 aromatic carbocycles. The molecule has 0 spiro atoms. The third-order valence-electron chi connectivity index (χ3n) is 2.27. The second-order valence-electron chi connectivity index (χ2n) is 3.39. The number of rotatable bonds is 3. The molecule has 16 heavy (non-hydrogen) atoms. The predicted molar refractivity (Wildman–Crippen MR) is 54.2 cm³/mol. The Kier molecular flexibility index (Phi) is 2.72. The zero-order valence-electron chi connectivity index (χ0n) is 8.34. The van der Waals surface area contributed by atoms with Crippen LogP contribution in [0.1, 0.15) is 16.8 Å². The van der Waals surface area contributed by atoms with E-state index in [-0.39, 0.29) is 17.6 Å². The molecule has 2 N–H and O–H groups in total. The number of aromatic nitrogens is 1. The highest BCUT2D eigenvalue weighted by atomic mass is 16.5. The van der Waals surface area contributed by atoms with Gasteiger partial charge in [0, 0.05) is 12.6 Å². The van der Waals surface area contributed by atoms with E-state index >= 15 is 0 Å². The Morgan fingerprint density at radius 3 is 2.88 bits per heavy atom. The number of aromatic carboxylic acids is 1. The average Bonchev–Trinajstić information content (AvgIpc) is 2.65. The number of hydrogen-bond donors (Lipinski definition) is 2. The van der Waals surface area contributed by atoms with Crippen LogP contribution in [0.15, 0.2) is 18.3 Å². The van der Waals surface area contributed by atoms with Crippen molar-refractivity contribution in [3.8, 4) is 0 Å². The molecule has 84 valence electrons. The van der Waals surface area contributed by atoms with Gasteiger partial charge in [0.25, 0.3) is 0 Å². The summed E-state index contributed by atoms with van der Waals surface area (Å²) < 4.78 is 4.78. The molecule has 1 fully saturated rings. The minimum absolute atomic E-state index is 0.111. The third kappa shape index (κ3) is 2.10. The van der Waals surface area contributed by atoms with Crippen molar-refractivity contribution in [2.75, 3.05) is 11.9 Å². The minimum Gasteiger partial charge on any atom is -0.478 e. The molecule has 1 aromatic rings. The summed E-state index contributed by atoms with van der Waals surface area (Å²) in [6.07, 6.45) is 1.84. The number of cyclic esters (lactones) is 1. The first-order valence-electron chi connectivity index (χ1n) is 4.79. The highest BCUT2D eigenvalue weighted by Gasteiger charge is 2.26.